The molecule has 2 aromatic rings. The second kappa shape index (κ2) is 10.6. The first-order valence-electron chi connectivity index (χ1n) is 11.6. The lowest BCUT2D eigenvalue weighted by Gasteiger charge is -2.38. The maximum absolute atomic E-state index is 12.6. The number of benzene rings is 1. The fourth-order valence-electron chi connectivity index (χ4n) is 4.70. The lowest BCUT2D eigenvalue weighted by Crippen LogP contribution is -2.34. The first-order chi connectivity index (χ1) is 16.7. The van der Waals surface area contributed by atoms with E-state index in [9.17, 15) is 14.7 Å². The first kappa shape index (κ1) is 24.9. The van der Waals surface area contributed by atoms with Crippen molar-refractivity contribution in [3.63, 3.8) is 0 Å². The van der Waals surface area contributed by atoms with Crippen LogP contribution in [0, 0.1) is 5.41 Å². The summed E-state index contributed by atoms with van der Waals surface area (Å²) in [5, 5.41) is 13.3. The molecule has 35 heavy (non-hydrogen) atoms. The summed E-state index contributed by atoms with van der Waals surface area (Å²) in [5.74, 6) is -0.402. The van der Waals surface area contributed by atoms with Crippen molar-refractivity contribution < 1.29 is 24.2 Å². The van der Waals surface area contributed by atoms with Crippen LogP contribution in [-0.4, -0.2) is 40.5 Å². The van der Waals surface area contributed by atoms with Crippen LogP contribution in [0.4, 0.5) is 10.5 Å². The highest BCUT2D eigenvalue weighted by atomic mass is 35.5. The molecule has 7 nitrogen and oxygen atoms in total. The minimum absolute atomic E-state index is 0.0225. The number of hydrogen-bond acceptors (Lipinski definition) is 6. The van der Waals surface area contributed by atoms with Gasteiger partial charge in [0.25, 0.3) is 0 Å². The molecule has 0 spiro atoms. The molecule has 1 aromatic heterocycles. The van der Waals surface area contributed by atoms with Crippen LogP contribution in [0.2, 0.25) is 5.02 Å². The number of esters is 1. The lowest BCUT2D eigenvalue weighted by molar-refractivity contribution is -0.156. The molecule has 1 aromatic carbocycles. The van der Waals surface area contributed by atoms with Crippen LogP contribution in [-0.2, 0) is 14.3 Å². The topological polar surface area (TPSA) is 97.8 Å². The van der Waals surface area contributed by atoms with Crippen LogP contribution in [0.1, 0.15) is 45.1 Å². The highest BCUT2D eigenvalue weighted by molar-refractivity contribution is 6.30. The Kier molecular flexibility index (Phi) is 7.57. The van der Waals surface area contributed by atoms with Crippen molar-refractivity contribution in [3.8, 4) is 0 Å². The van der Waals surface area contributed by atoms with Gasteiger partial charge in [-0.2, -0.15) is 0 Å². The highest BCUT2D eigenvalue weighted by Gasteiger charge is 2.36. The number of hydrogen-bond donors (Lipinski definition) is 2. The average Bonchev–Trinajstić information content (AvgIpc) is 2.78. The number of aromatic nitrogens is 1. The highest BCUT2D eigenvalue weighted by Crippen LogP contribution is 2.46. The van der Waals surface area contributed by atoms with Crippen LogP contribution >= 0.6 is 11.6 Å². The monoisotopic (exact) mass is 496 g/mol. The average molecular weight is 497 g/mol. The number of nitrogens with zero attached hydrogens (tertiary/aromatic N) is 1. The zero-order valence-corrected chi connectivity index (χ0v) is 20.5. The molecule has 2 heterocycles. The van der Waals surface area contributed by atoms with Gasteiger partial charge < -0.3 is 14.6 Å². The van der Waals surface area contributed by atoms with E-state index in [1.165, 1.54) is 0 Å². The number of ether oxygens (including phenoxy) is 2. The van der Waals surface area contributed by atoms with Gasteiger partial charge in [0, 0.05) is 24.1 Å². The Bertz CT molecular complexity index is 1130. The van der Waals surface area contributed by atoms with Gasteiger partial charge in [0.15, 0.2) is 0 Å². The Morgan fingerprint density at radius 1 is 1.26 bits per heavy atom. The predicted octanol–water partition coefficient (Wildman–Crippen LogP) is 5.55. The summed E-state index contributed by atoms with van der Waals surface area (Å²) in [7, 11) is 0. The van der Waals surface area contributed by atoms with E-state index in [1.807, 2.05) is 36.4 Å². The van der Waals surface area contributed by atoms with Crippen molar-refractivity contribution in [2.24, 2.45) is 5.41 Å². The maximum atomic E-state index is 12.6. The minimum Gasteiger partial charge on any atom is -0.458 e. The van der Waals surface area contributed by atoms with Gasteiger partial charge in [-0.05, 0) is 58.9 Å². The third kappa shape index (κ3) is 6.50. The Hall–Kier alpha value is -3.16. The molecule has 1 aliphatic carbocycles. The number of carbonyl (C=O) groups excluding carboxylic acids is 2. The Balaban J connectivity index is 1.60. The number of carbonyl (C=O) groups is 2. The van der Waals surface area contributed by atoms with E-state index >= 15 is 0 Å². The van der Waals surface area contributed by atoms with Gasteiger partial charge in [-0.25, -0.2) is 4.79 Å². The standard InChI is InChI=1S/C27H29ClN2O5/c1-27(2)15-22(35-26(33)30-19-4-3-11-29-16-19)14-23(17-5-7-18(28)8-6-17)24(27)10-9-21-12-20(31)13-25(32)34-21/h3-11,16,20-22,31H,12-15H2,1-2H3,(H,30,33). The molecule has 0 radical (unpaired) electrons. The van der Waals surface area contributed by atoms with Crippen LogP contribution in [0.15, 0.2) is 66.5 Å². The molecule has 8 heteroatoms. The quantitative estimate of drug-likeness (QED) is 0.527. The van der Waals surface area contributed by atoms with Gasteiger partial charge in [-0.15, -0.1) is 0 Å². The second-order valence-electron chi connectivity index (χ2n) is 9.57. The molecule has 1 amide bonds. The normalized spacial score (nSPS) is 24.2. The van der Waals surface area contributed by atoms with E-state index in [0.717, 1.165) is 16.7 Å². The number of anilines is 1. The van der Waals surface area contributed by atoms with Gasteiger partial charge in [0.05, 0.1) is 24.4 Å². The molecule has 0 saturated carbocycles. The van der Waals surface area contributed by atoms with Crippen molar-refractivity contribution in [3.05, 3.63) is 77.1 Å². The third-order valence-electron chi connectivity index (χ3n) is 6.27. The number of nitrogens with one attached hydrogen (secondary N) is 1. The number of rotatable bonds is 5. The zero-order chi connectivity index (χ0) is 25.0. The molecule has 1 aliphatic heterocycles. The number of halogens is 1. The van der Waals surface area contributed by atoms with E-state index in [4.69, 9.17) is 21.1 Å². The molecule has 2 N–H and O–H groups in total. The van der Waals surface area contributed by atoms with Crippen LogP contribution in [0.3, 0.4) is 0 Å². The smallest absolute Gasteiger partial charge is 0.411 e. The van der Waals surface area contributed by atoms with Crippen molar-refractivity contribution in [1.82, 2.24) is 4.98 Å². The number of pyridine rings is 1. The molecule has 0 bridgehead atoms. The molecule has 1 fully saturated rings. The van der Waals surface area contributed by atoms with Crippen LogP contribution in [0.25, 0.3) is 5.57 Å². The zero-order valence-electron chi connectivity index (χ0n) is 19.7. The summed E-state index contributed by atoms with van der Waals surface area (Å²) in [5.41, 5.74) is 3.28. The van der Waals surface area contributed by atoms with E-state index in [1.54, 1.807) is 24.5 Å². The number of allylic oxidation sites excluding steroid dienone is 2. The molecule has 1 saturated heterocycles. The third-order valence-corrected chi connectivity index (χ3v) is 6.52. The predicted molar refractivity (Wildman–Crippen MR) is 134 cm³/mol. The number of aliphatic hydroxyl groups is 1. The summed E-state index contributed by atoms with van der Waals surface area (Å²) in [6, 6.07) is 11.0. The summed E-state index contributed by atoms with van der Waals surface area (Å²) < 4.78 is 11.2. The van der Waals surface area contributed by atoms with Crippen molar-refractivity contribution in [1.29, 1.82) is 0 Å². The molecule has 2 aliphatic rings. The van der Waals surface area contributed by atoms with E-state index in [2.05, 4.69) is 24.1 Å². The molecule has 184 valence electrons. The van der Waals surface area contributed by atoms with Gasteiger partial charge in [0.2, 0.25) is 0 Å². The van der Waals surface area contributed by atoms with Crippen molar-refractivity contribution in [2.75, 3.05) is 5.32 Å². The number of cyclic esters (lactones) is 1. The van der Waals surface area contributed by atoms with Gasteiger partial charge >= 0.3 is 12.1 Å². The van der Waals surface area contributed by atoms with Crippen LogP contribution < -0.4 is 5.32 Å². The van der Waals surface area contributed by atoms with E-state index in [-0.39, 0.29) is 17.9 Å². The summed E-state index contributed by atoms with van der Waals surface area (Å²) in [6.45, 7) is 4.19. The summed E-state index contributed by atoms with van der Waals surface area (Å²) in [4.78, 5) is 28.3. The number of aliphatic hydroxyl groups excluding tert-OH is 1. The van der Waals surface area contributed by atoms with E-state index in [0.29, 0.717) is 30.0 Å². The lowest BCUT2D eigenvalue weighted by atomic mass is 9.69. The molecule has 3 unspecified atom stereocenters. The Labute approximate surface area is 209 Å². The fourth-order valence-corrected chi connectivity index (χ4v) is 4.82. The second-order valence-corrected chi connectivity index (χ2v) is 10.0. The van der Waals surface area contributed by atoms with Crippen molar-refractivity contribution >= 4 is 34.9 Å². The van der Waals surface area contributed by atoms with Gasteiger partial charge in [0.1, 0.15) is 12.2 Å². The largest absolute Gasteiger partial charge is 0.458 e. The summed E-state index contributed by atoms with van der Waals surface area (Å²) >= 11 is 6.12. The molecule has 3 atom stereocenters. The van der Waals surface area contributed by atoms with Crippen LogP contribution in [0.5, 0.6) is 0 Å². The summed E-state index contributed by atoms with van der Waals surface area (Å²) in [6.07, 6.45) is 6.45. The SMILES string of the molecule is CC1(C)CC(OC(=O)Nc2cccnc2)CC(c2ccc(Cl)cc2)=C1C=CC1CC(O)CC(=O)O1. The Morgan fingerprint density at radius 2 is 2.03 bits per heavy atom. The molecular formula is C27H29ClN2O5. The fraction of sp³-hybridized carbons (Fsp3) is 0.370. The molecule has 4 rings (SSSR count). The Morgan fingerprint density at radius 3 is 2.71 bits per heavy atom. The first-order valence-corrected chi connectivity index (χ1v) is 12.0. The van der Waals surface area contributed by atoms with Gasteiger partial charge in [-0.3, -0.25) is 15.1 Å². The maximum Gasteiger partial charge on any atom is 0.411 e. The minimum atomic E-state index is -0.703. The van der Waals surface area contributed by atoms with E-state index < -0.39 is 24.3 Å². The number of amides is 1. The van der Waals surface area contributed by atoms with Crippen molar-refractivity contribution in [2.45, 2.75) is 57.8 Å². The molecular weight excluding hydrogens is 468 g/mol. The van der Waals surface area contributed by atoms with Gasteiger partial charge in [-0.1, -0.05) is 43.7 Å².